The second kappa shape index (κ2) is 9.93. The van der Waals surface area contributed by atoms with Crippen LogP contribution in [0.15, 0.2) is 36.4 Å². The summed E-state index contributed by atoms with van der Waals surface area (Å²) >= 11 is 0. The molecule has 0 amide bonds. The number of nitrogens with zero attached hydrogens (tertiary/aromatic N) is 3. The minimum Gasteiger partial charge on any atom is -0.508 e. The number of nitrogens with one attached hydrogen (secondary N) is 2. The maximum absolute atomic E-state index is 11.4. The minimum atomic E-state index is -0.416. The lowest BCUT2D eigenvalue weighted by atomic mass is 9.98. The van der Waals surface area contributed by atoms with E-state index in [0.717, 1.165) is 38.3 Å². The molecule has 4 N–H and O–H groups in total. The van der Waals surface area contributed by atoms with Crippen LogP contribution in [0.25, 0.3) is 0 Å². The van der Waals surface area contributed by atoms with Crippen molar-refractivity contribution in [3.8, 4) is 11.5 Å². The summed E-state index contributed by atoms with van der Waals surface area (Å²) in [6, 6.07) is 10.1. The summed E-state index contributed by atoms with van der Waals surface area (Å²) in [6.45, 7) is 8.68. The first-order chi connectivity index (χ1) is 15.2. The van der Waals surface area contributed by atoms with Crippen molar-refractivity contribution >= 4 is 23.6 Å². The lowest BCUT2D eigenvalue weighted by Gasteiger charge is -2.32. The van der Waals surface area contributed by atoms with E-state index in [4.69, 9.17) is 10.8 Å². The van der Waals surface area contributed by atoms with Crippen molar-refractivity contribution in [2.24, 2.45) is 0 Å². The van der Waals surface area contributed by atoms with Gasteiger partial charge in [-0.2, -0.15) is 0 Å². The number of carbonyl (C=O) groups is 1. The van der Waals surface area contributed by atoms with Gasteiger partial charge in [-0.3, -0.25) is 25.4 Å². The van der Waals surface area contributed by atoms with Crippen molar-refractivity contribution < 1.29 is 15.0 Å². The molecule has 0 aromatic heterocycles. The normalized spacial score (nSPS) is 15.0. The summed E-state index contributed by atoms with van der Waals surface area (Å²) in [5, 5.41) is 37.2. The molecule has 1 heterocycles. The van der Waals surface area contributed by atoms with Gasteiger partial charge in [-0.1, -0.05) is 26.0 Å². The number of aldehydes is 1. The molecule has 1 aliphatic rings. The van der Waals surface area contributed by atoms with Crippen LogP contribution in [0.1, 0.15) is 36.5 Å². The van der Waals surface area contributed by atoms with E-state index in [0.29, 0.717) is 17.5 Å². The minimum absolute atomic E-state index is 0.0324. The number of aromatic hydroxyl groups is 2. The van der Waals surface area contributed by atoms with Gasteiger partial charge in [0.2, 0.25) is 0 Å². The number of phenolic OH excluding ortho intramolecular Hbond substituents is 2. The predicted octanol–water partition coefficient (Wildman–Crippen LogP) is 2.98. The van der Waals surface area contributed by atoms with Crippen molar-refractivity contribution in [2.75, 3.05) is 38.1 Å². The Kier molecular flexibility index (Phi) is 7.27. The van der Waals surface area contributed by atoms with Gasteiger partial charge in [0.05, 0.1) is 5.56 Å². The van der Waals surface area contributed by atoms with Gasteiger partial charge in [-0.05, 0) is 42.3 Å². The van der Waals surface area contributed by atoms with Crippen LogP contribution in [0, 0.1) is 10.8 Å². The Hall–Kier alpha value is -3.23. The van der Waals surface area contributed by atoms with Gasteiger partial charge in [0.1, 0.15) is 17.3 Å². The molecule has 3 rings (SSSR count). The Labute approximate surface area is 188 Å². The third-order valence-corrected chi connectivity index (χ3v) is 5.79. The molecule has 0 bridgehead atoms. The highest BCUT2D eigenvalue weighted by atomic mass is 16.3. The Morgan fingerprint density at radius 3 is 2.25 bits per heavy atom. The van der Waals surface area contributed by atoms with E-state index in [1.807, 2.05) is 26.0 Å². The summed E-state index contributed by atoms with van der Waals surface area (Å²) in [4.78, 5) is 17.3. The van der Waals surface area contributed by atoms with Gasteiger partial charge in [0, 0.05) is 44.5 Å². The van der Waals surface area contributed by atoms with Crippen molar-refractivity contribution in [2.45, 2.75) is 26.3 Å². The third-order valence-electron chi connectivity index (χ3n) is 5.79. The summed E-state index contributed by atoms with van der Waals surface area (Å²) < 4.78 is 0. The SMILES string of the molecule is CC(C)c1cc(C(=N)N(C(=N)C=O)c2ccc(CN3CCN(C)CC3)cc2)c(O)cc1O. The Morgan fingerprint density at radius 1 is 1.06 bits per heavy atom. The zero-order chi connectivity index (χ0) is 23.4. The van der Waals surface area contributed by atoms with E-state index in [9.17, 15) is 15.0 Å². The zero-order valence-electron chi connectivity index (χ0n) is 18.8. The Morgan fingerprint density at radius 2 is 1.69 bits per heavy atom. The number of phenols is 2. The smallest absolute Gasteiger partial charge is 0.185 e. The number of carbonyl (C=O) groups excluding carboxylic acids is 1. The van der Waals surface area contributed by atoms with Crippen molar-refractivity contribution in [1.82, 2.24) is 9.80 Å². The predicted molar refractivity (Wildman–Crippen MR) is 126 cm³/mol. The highest BCUT2D eigenvalue weighted by Gasteiger charge is 2.23. The van der Waals surface area contributed by atoms with E-state index in [1.165, 1.54) is 17.0 Å². The quantitative estimate of drug-likeness (QED) is 0.314. The molecule has 0 saturated carbocycles. The third kappa shape index (κ3) is 5.15. The van der Waals surface area contributed by atoms with Crippen LogP contribution in [0.5, 0.6) is 11.5 Å². The van der Waals surface area contributed by atoms with Gasteiger partial charge < -0.3 is 15.1 Å². The average Bonchev–Trinajstić information content (AvgIpc) is 2.76. The average molecular weight is 438 g/mol. The van der Waals surface area contributed by atoms with E-state index >= 15 is 0 Å². The summed E-state index contributed by atoms with van der Waals surface area (Å²) in [7, 11) is 2.12. The van der Waals surface area contributed by atoms with Crippen LogP contribution in [-0.4, -0.2) is 71.2 Å². The van der Waals surface area contributed by atoms with Crippen LogP contribution in [0.4, 0.5) is 5.69 Å². The fourth-order valence-corrected chi connectivity index (χ4v) is 3.82. The molecule has 0 atom stereocenters. The fraction of sp³-hybridized carbons (Fsp3) is 0.375. The largest absolute Gasteiger partial charge is 0.508 e. The molecule has 0 unspecified atom stereocenters. The number of likely N-dealkylation sites (N-methyl/N-ethyl adjacent to an activating group) is 1. The molecule has 170 valence electrons. The molecule has 2 aromatic carbocycles. The van der Waals surface area contributed by atoms with Gasteiger partial charge >= 0.3 is 0 Å². The number of piperazine rings is 1. The second-order valence-electron chi connectivity index (χ2n) is 8.52. The van der Waals surface area contributed by atoms with Crippen molar-refractivity contribution in [3.63, 3.8) is 0 Å². The van der Waals surface area contributed by atoms with Gasteiger partial charge in [0.25, 0.3) is 0 Å². The standard InChI is InChI=1S/C24H31N5O3/c1-16(2)19-12-20(22(32)13-21(19)31)24(26)29(23(25)15-30)18-6-4-17(5-7-18)14-28-10-8-27(3)9-11-28/h4-7,12-13,15-16,25-26,31-32H,8-11,14H2,1-3H3. The molecule has 1 aliphatic heterocycles. The monoisotopic (exact) mass is 437 g/mol. The van der Waals surface area contributed by atoms with Gasteiger partial charge in [-0.25, -0.2) is 0 Å². The van der Waals surface area contributed by atoms with Gasteiger partial charge in [-0.15, -0.1) is 0 Å². The highest BCUT2D eigenvalue weighted by molar-refractivity contribution is 6.41. The first-order valence-electron chi connectivity index (χ1n) is 10.7. The number of anilines is 1. The fourth-order valence-electron chi connectivity index (χ4n) is 3.82. The van der Waals surface area contributed by atoms with E-state index in [-0.39, 0.29) is 28.8 Å². The Bertz CT molecular complexity index is 995. The van der Waals surface area contributed by atoms with Crippen LogP contribution in [-0.2, 0) is 11.3 Å². The van der Waals surface area contributed by atoms with Gasteiger partial charge in [0.15, 0.2) is 12.1 Å². The molecule has 1 fully saturated rings. The molecule has 2 aromatic rings. The molecule has 1 saturated heterocycles. The van der Waals surface area contributed by atoms with Crippen LogP contribution >= 0.6 is 0 Å². The maximum atomic E-state index is 11.4. The van der Waals surface area contributed by atoms with E-state index in [2.05, 4.69) is 16.8 Å². The molecular weight excluding hydrogens is 406 g/mol. The van der Waals surface area contributed by atoms with Crippen LogP contribution in [0.2, 0.25) is 0 Å². The molecule has 8 nitrogen and oxygen atoms in total. The summed E-state index contributed by atoms with van der Waals surface area (Å²) in [6.07, 6.45) is 0.369. The maximum Gasteiger partial charge on any atom is 0.185 e. The summed E-state index contributed by atoms with van der Waals surface area (Å²) in [5.74, 6) is -1.00. The van der Waals surface area contributed by atoms with Crippen LogP contribution in [0.3, 0.4) is 0 Å². The number of hydrogen-bond donors (Lipinski definition) is 4. The van der Waals surface area contributed by atoms with Crippen molar-refractivity contribution in [1.29, 1.82) is 10.8 Å². The zero-order valence-corrected chi connectivity index (χ0v) is 18.8. The first-order valence-corrected chi connectivity index (χ1v) is 10.7. The first kappa shape index (κ1) is 23.4. The second-order valence-corrected chi connectivity index (χ2v) is 8.52. The van der Waals surface area contributed by atoms with E-state index in [1.54, 1.807) is 12.1 Å². The highest BCUT2D eigenvalue weighted by Crippen LogP contribution is 2.33. The number of amidine groups is 2. The summed E-state index contributed by atoms with van der Waals surface area (Å²) in [5.41, 5.74) is 2.30. The van der Waals surface area contributed by atoms with Crippen LogP contribution < -0.4 is 4.90 Å². The van der Waals surface area contributed by atoms with Crippen molar-refractivity contribution in [3.05, 3.63) is 53.1 Å². The molecule has 8 heteroatoms. The van der Waals surface area contributed by atoms with E-state index < -0.39 is 5.84 Å². The number of benzene rings is 2. The lowest BCUT2D eigenvalue weighted by Crippen LogP contribution is -2.43. The molecular formula is C24H31N5O3. The molecule has 0 aliphatic carbocycles. The number of hydrogen-bond acceptors (Lipinski definition) is 7. The molecule has 32 heavy (non-hydrogen) atoms. The number of rotatable bonds is 6. The lowest BCUT2D eigenvalue weighted by molar-refractivity contribution is -0.102. The Balaban J connectivity index is 1.87. The topological polar surface area (TPSA) is 115 Å². The molecule has 0 radical (unpaired) electrons. The molecule has 0 spiro atoms.